The van der Waals surface area contributed by atoms with Crippen molar-refractivity contribution in [2.24, 2.45) is 0 Å². The van der Waals surface area contributed by atoms with E-state index in [4.69, 9.17) is 17.0 Å². The van der Waals surface area contributed by atoms with E-state index < -0.39 is 15.9 Å². The Balaban J connectivity index is 1.62. The molecule has 0 aliphatic heterocycles. The van der Waals surface area contributed by atoms with Gasteiger partial charge in [-0.2, -0.15) is 0 Å². The van der Waals surface area contributed by atoms with E-state index in [1.54, 1.807) is 38.1 Å². The third kappa shape index (κ3) is 7.44. The predicted molar refractivity (Wildman–Crippen MR) is 142 cm³/mol. The van der Waals surface area contributed by atoms with Gasteiger partial charge in [0.05, 0.1) is 15.5 Å². The van der Waals surface area contributed by atoms with Crippen molar-refractivity contribution in [1.29, 1.82) is 0 Å². The Morgan fingerprint density at radius 1 is 1.03 bits per heavy atom. The second kappa shape index (κ2) is 11.1. The molecule has 0 fully saturated rings. The molecule has 0 atom stereocenters. The Kier molecular flexibility index (Phi) is 8.41. The maximum Gasteiger partial charge on any atom is 0.264 e. The van der Waals surface area contributed by atoms with Gasteiger partial charge in [-0.1, -0.05) is 0 Å². The molecule has 0 spiro atoms. The van der Waals surface area contributed by atoms with Crippen LogP contribution >= 0.6 is 28.1 Å². The van der Waals surface area contributed by atoms with Crippen molar-refractivity contribution in [2.75, 3.05) is 10.0 Å². The van der Waals surface area contributed by atoms with Gasteiger partial charge in [-0.3, -0.25) is 10.1 Å². The molecule has 184 valence electrons. The van der Waals surface area contributed by atoms with Gasteiger partial charge < -0.3 is 10.1 Å². The van der Waals surface area contributed by atoms with Crippen LogP contribution in [0.2, 0.25) is 0 Å². The van der Waals surface area contributed by atoms with E-state index in [1.807, 2.05) is 13.8 Å². The van der Waals surface area contributed by atoms with Gasteiger partial charge in [0.2, 0.25) is 5.95 Å². The van der Waals surface area contributed by atoms with Crippen molar-refractivity contribution in [3.05, 3.63) is 70.0 Å². The number of amides is 1. The standard InChI is InChI=1S/C23H24BrN5O4S2/c1-13(2)33-20-10-5-16(12-19(20)24)21(30)28-23(34)27-17-6-8-18(9-7-17)35(31,32)29-22-25-14(3)11-15(4)26-22/h5-13H,1-4H3,(H,25,26,29)(H2,27,28,30,34). The fourth-order valence-corrected chi connectivity index (χ4v) is 4.62. The number of rotatable bonds is 7. The highest BCUT2D eigenvalue weighted by molar-refractivity contribution is 9.10. The van der Waals surface area contributed by atoms with Gasteiger partial charge in [0.1, 0.15) is 5.75 Å². The molecular weight excluding hydrogens is 554 g/mol. The lowest BCUT2D eigenvalue weighted by molar-refractivity contribution is 0.0977. The number of carbonyl (C=O) groups excluding carboxylic acids is 1. The quantitative estimate of drug-likeness (QED) is 0.349. The van der Waals surface area contributed by atoms with Crippen LogP contribution in [0.15, 0.2) is 57.9 Å². The molecule has 3 N–H and O–H groups in total. The van der Waals surface area contributed by atoms with Gasteiger partial charge in [0.15, 0.2) is 5.11 Å². The van der Waals surface area contributed by atoms with E-state index in [9.17, 15) is 13.2 Å². The maximum absolute atomic E-state index is 12.7. The number of nitrogens with zero attached hydrogens (tertiary/aromatic N) is 2. The molecule has 0 unspecified atom stereocenters. The summed E-state index contributed by atoms with van der Waals surface area (Å²) in [5.74, 6) is 0.228. The zero-order valence-corrected chi connectivity index (χ0v) is 22.6. The highest BCUT2D eigenvalue weighted by Gasteiger charge is 2.17. The van der Waals surface area contributed by atoms with E-state index in [1.165, 1.54) is 24.3 Å². The molecule has 9 nitrogen and oxygen atoms in total. The predicted octanol–water partition coefficient (Wildman–Crippen LogP) is 4.57. The summed E-state index contributed by atoms with van der Waals surface area (Å²) in [5.41, 5.74) is 2.19. The number of nitrogens with one attached hydrogen (secondary N) is 3. The van der Waals surface area contributed by atoms with Crippen molar-refractivity contribution in [3.8, 4) is 5.75 Å². The minimum Gasteiger partial charge on any atom is -0.490 e. The highest BCUT2D eigenvalue weighted by atomic mass is 79.9. The highest BCUT2D eigenvalue weighted by Crippen LogP contribution is 2.27. The Hall–Kier alpha value is -3.09. The number of hydrogen-bond donors (Lipinski definition) is 3. The van der Waals surface area contributed by atoms with Gasteiger partial charge in [-0.15, -0.1) is 0 Å². The lowest BCUT2D eigenvalue weighted by atomic mass is 10.2. The number of carbonyl (C=O) groups is 1. The number of halogens is 1. The minimum absolute atomic E-state index is 0.0000205. The first-order chi connectivity index (χ1) is 16.4. The van der Waals surface area contributed by atoms with Gasteiger partial charge in [-0.05, 0) is 104 Å². The van der Waals surface area contributed by atoms with Crippen LogP contribution in [-0.4, -0.2) is 35.5 Å². The van der Waals surface area contributed by atoms with Crippen molar-refractivity contribution in [1.82, 2.24) is 15.3 Å². The fourth-order valence-electron chi connectivity index (χ4n) is 3.00. The van der Waals surface area contributed by atoms with E-state index in [0.29, 0.717) is 32.9 Å². The van der Waals surface area contributed by atoms with Crippen molar-refractivity contribution in [2.45, 2.75) is 38.7 Å². The van der Waals surface area contributed by atoms with Gasteiger partial charge in [0.25, 0.3) is 15.9 Å². The zero-order chi connectivity index (χ0) is 25.8. The fraction of sp³-hybridized carbons (Fsp3) is 0.217. The van der Waals surface area contributed by atoms with E-state index in [2.05, 4.69) is 41.3 Å². The van der Waals surface area contributed by atoms with Gasteiger partial charge in [-0.25, -0.2) is 23.1 Å². The molecular formula is C23H24BrN5O4S2. The Labute approximate surface area is 217 Å². The van der Waals surface area contributed by atoms with E-state index in [0.717, 1.165) is 0 Å². The third-order valence-corrected chi connectivity index (χ3v) is 6.58. The first-order valence-corrected chi connectivity index (χ1v) is 13.1. The molecule has 12 heteroatoms. The summed E-state index contributed by atoms with van der Waals surface area (Å²) in [6, 6.07) is 12.6. The number of aryl methyl sites for hydroxylation is 2. The van der Waals surface area contributed by atoms with Crippen LogP contribution in [0.4, 0.5) is 11.6 Å². The number of anilines is 2. The van der Waals surface area contributed by atoms with Crippen LogP contribution in [0, 0.1) is 13.8 Å². The minimum atomic E-state index is -3.88. The smallest absolute Gasteiger partial charge is 0.264 e. The number of benzene rings is 2. The summed E-state index contributed by atoms with van der Waals surface area (Å²) in [4.78, 5) is 20.8. The molecule has 0 saturated carbocycles. The summed E-state index contributed by atoms with van der Waals surface area (Å²) in [6.45, 7) is 7.33. The number of hydrogen-bond acceptors (Lipinski definition) is 7. The van der Waals surface area contributed by atoms with Gasteiger partial charge in [0, 0.05) is 22.6 Å². The molecule has 0 aliphatic carbocycles. The van der Waals surface area contributed by atoms with Crippen LogP contribution in [0.25, 0.3) is 0 Å². The Bertz CT molecular complexity index is 1340. The first kappa shape index (κ1) is 26.5. The largest absolute Gasteiger partial charge is 0.490 e. The maximum atomic E-state index is 12.7. The van der Waals surface area contributed by atoms with Crippen molar-refractivity contribution in [3.63, 3.8) is 0 Å². The SMILES string of the molecule is Cc1cc(C)nc(NS(=O)(=O)c2ccc(NC(=S)NC(=O)c3ccc(OC(C)C)c(Br)c3)cc2)n1. The molecule has 0 bridgehead atoms. The van der Waals surface area contributed by atoms with Gasteiger partial charge >= 0.3 is 0 Å². The lowest BCUT2D eigenvalue weighted by Crippen LogP contribution is -2.34. The molecule has 1 heterocycles. The molecule has 0 aliphatic rings. The average molecular weight is 579 g/mol. The average Bonchev–Trinajstić information content (AvgIpc) is 2.74. The molecule has 0 radical (unpaired) electrons. The van der Waals surface area contributed by atoms with E-state index in [-0.39, 0.29) is 22.1 Å². The second-order valence-electron chi connectivity index (χ2n) is 7.82. The molecule has 3 aromatic rings. The van der Waals surface area contributed by atoms with Crippen LogP contribution in [-0.2, 0) is 10.0 Å². The van der Waals surface area contributed by atoms with Crippen molar-refractivity contribution >= 4 is 60.8 Å². The second-order valence-corrected chi connectivity index (χ2v) is 10.8. The summed E-state index contributed by atoms with van der Waals surface area (Å²) in [6.07, 6.45) is -0.0000205. The number of aromatic nitrogens is 2. The number of ether oxygens (including phenoxy) is 1. The topological polar surface area (TPSA) is 122 Å². The molecule has 0 saturated heterocycles. The van der Waals surface area contributed by atoms with Crippen LogP contribution in [0.3, 0.4) is 0 Å². The van der Waals surface area contributed by atoms with Crippen LogP contribution < -0.4 is 20.1 Å². The van der Waals surface area contributed by atoms with Crippen LogP contribution in [0.1, 0.15) is 35.6 Å². The normalized spacial score (nSPS) is 11.1. The summed E-state index contributed by atoms with van der Waals surface area (Å²) >= 11 is 8.62. The molecule has 3 rings (SSSR count). The molecule has 35 heavy (non-hydrogen) atoms. The molecule has 1 aromatic heterocycles. The molecule has 1 amide bonds. The summed E-state index contributed by atoms with van der Waals surface area (Å²) in [7, 11) is -3.88. The summed E-state index contributed by atoms with van der Waals surface area (Å²) in [5, 5.41) is 5.52. The van der Waals surface area contributed by atoms with Crippen molar-refractivity contribution < 1.29 is 17.9 Å². The Morgan fingerprint density at radius 3 is 2.23 bits per heavy atom. The number of sulfonamides is 1. The number of thiocarbonyl (C=S) groups is 1. The van der Waals surface area contributed by atoms with E-state index >= 15 is 0 Å². The summed E-state index contributed by atoms with van der Waals surface area (Å²) < 4.78 is 34.0. The zero-order valence-electron chi connectivity index (χ0n) is 19.4. The lowest BCUT2D eigenvalue weighted by Gasteiger charge is -2.13. The van der Waals surface area contributed by atoms with Crippen LogP contribution in [0.5, 0.6) is 5.75 Å². The Morgan fingerprint density at radius 2 is 1.66 bits per heavy atom. The monoisotopic (exact) mass is 577 g/mol. The third-order valence-electron chi connectivity index (χ3n) is 4.41. The molecule has 2 aromatic carbocycles. The first-order valence-electron chi connectivity index (χ1n) is 10.5.